The molecule has 2 spiro atoms. The standard InChI is InChI=1S/C38H46N2O5/c1-34-13-10-27(41)23-36(34)16-17-38(28(24-36)32(42)26-7-4-3-5-8-26)30(34)11-14-35(2)31(38)12-15-37(35,44)25-39-18-20-40(21-19-39)33(43)29-9-6-22-45-29/h3-9,16-17,22,24,27,30-31,41,44H,10-15,18-21,23,25H2,1-2H3. The Labute approximate surface area is 266 Å². The molecule has 9 rings (SSSR count). The monoisotopic (exact) mass is 610 g/mol. The number of hydrogen-bond donors (Lipinski definition) is 2. The fourth-order valence-electron chi connectivity index (χ4n) is 11.4. The maximum atomic E-state index is 14.6. The topological polar surface area (TPSA) is 94.2 Å². The molecule has 1 saturated heterocycles. The Bertz CT molecular complexity index is 1560. The summed E-state index contributed by atoms with van der Waals surface area (Å²) in [6, 6.07) is 13.1. The number of benzene rings is 1. The number of ketones is 1. The van der Waals surface area contributed by atoms with Crippen molar-refractivity contribution >= 4 is 11.7 Å². The van der Waals surface area contributed by atoms with Crippen LogP contribution in [-0.2, 0) is 0 Å². The molecule has 1 amide bonds. The lowest BCUT2D eigenvalue weighted by Gasteiger charge is -2.71. The van der Waals surface area contributed by atoms with Crippen LogP contribution in [0, 0.1) is 33.5 Å². The highest BCUT2D eigenvalue weighted by atomic mass is 16.3. The Kier molecular flexibility index (Phi) is 6.53. The van der Waals surface area contributed by atoms with Crippen LogP contribution in [0.25, 0.3) is 0 Å². The molecule has 8 unspecified atom stereocenters. The summed E-state index contributed by atoms with van der Waals surface area (Å²) < 4.78 is 5.35. The van der Waals surface area contributed by atoms with Gasteiger partial charge in [-0.25, -0.2) is 0 Å². The van der Waals surface area contributed by atoms with Gasteiger partial charge in [-0.05, 0) is 74.3 Å². The van der Waals surface area contributed by atoms with Gasteiger partial charge in [-0.15, -0.1) is 0 Å². The Morgan fingerprint density at radius 2 is 1.60 bits per heavy atom. The zero-order valence-electron chi connectivity index (χ0n) is 26.6. The lowest BCUT2D eigenvalue weighted by molar-refractivity contribution is -0.176. The van der Waals surface area contributed by atoms with Crippen LogP contribution in [0.15, 0.2) is 76.9 Å². The number of aliphatic hydroxyl groups excluding tert-OH is 1. The van der Waals surface area contributed by atoms with E-state index in [0.717, 1.165) is 43.2 Å². The van der Waals surface area contributed by atoms with Gasteiger partial charge in [-0.3, -0.25) is 14.5 Å². The molecule has 2 bridgehead atoms. The van der Waals surface area contributed by atoms with Crippen LogP contribution in [0.1, 0.15) is 79.7 Å². The van der Waals surface area contributed by atoms with Crippen molar-refractivity contribution in [2.45, 2.75) is 70.5 Å². The second kappa shape index (κ2) is 10.00. The summed E-state index contributed by atoms with van der Waals surface area (Å²) in [5, 5.41) is 23.6. The van der Waals surface area contributed by atoms with Gasteiger partial charge in [-0.2, -0.15) is 0 Å². The number of aliphatic hydroxyl groups is 2. The lowest BCUT2D eigenvalue weighted by Crippen LogP contribution is -2.67. The maximum Gasteiger partial charge on any atom is 0.289 e. The van der Waals surface area contributed by atoms with E-state index >= 15 is 0 Å². The lowest BCUT2D eigenvalue weighted by atomic mass is 9.32. The van der Waals surface area contributed by atoms with Gasteiger partial charge in [0.15, 0.2) is 11.5 Å². The van der Waals surface area contributed by atoms with Gasteiger partial charge in [0.1, 0.15) is 0 Å². The molecule has 0 radical (unpaired) electrons. The molecule has 2 N–H and O–H groups in total. The number of carbonyl (C=O) groups is 2. The first kappa shape index (κ1) is 29.4. The molecular weight excluding hydrogens is 564 g/mol. The summed E-state index contributed by atoms with van der Waals surface area (Å²) in [5.41, 5.74) is -0.459. The minimum absolute atomic E-state index is 0.0413. The van der Waals surface area contributed by atoms with Crippen molar-refractivity contribution in [2.24, 2.45) is 33.5 Å². The Morgan fingerprint density at radius 1 is 0.889 bits per heavy atom. The summed E-state index contributed by atoms with van der Waals surface area (Å²) >= 11 is 0. The Hall–Kier alpha value is -3.00. The minimum Gasteiger partial charge on any atom is -0.459 e. The molecule has 2 aromatic rings. The molecule has 7 nitrogen and oxygen atoms in total. The third-order valence-corrected chi connectivity index (χ3v) is 13.9. The third-order valence-electron chi connectivity index (χ3n) is 13.9. The van der Waals surface area contributed by atoms with Gasteiger partial charge >= 0.3 is 0 Å². The SMILES string of the molecule is CC12CCC(O)CC13C=CC1(C(C(=O)c4ccccc4)=C3)C2CCC2(C)C1CCC2(O)CN1CCN(C(=O)c2ccco2)CC1. The molecule has 7 aliphatic rings. The van der Waals surface area contributed by atoms with E-state index in [9.17, 15) is 19.8 Å². The summed E-state index contributed by atoms with van der Waals surface area (Å²) in [5.74, 6) is 0.812. The fraction of sp³-hybridized carbons (Fsp3) is 0.579. The number of fused-ring (bicyclic) bond motifs is 1. The summed E-state index contributed by atoms with van der Waals surface area (Å²) in [7, 11) is 0. The van der Waals surface area contributed by atoms with E-state index < -0.39 is 11.0 Å². The van der Waals surface area contributed by atoms with E-state index in [4.69, 9.17) is 4.42 Å². The number of hydrogen-bond acceptors (Lipinski definition) is 6. The number of Topliss-reactive ketones (excluding diaryl/α,β-unsaturated/α-hetero) is 1. The Balaban J connectivity index is 1.12. The van der Waals surface area contributed by atoms with Crippen LogP contribution in [0.4, 0.5) is 0 Å². The molecule has 6 aliphatic carbocycles. The van der Waals surface area contributed by atoms with E-state index in [1.54, 1.807) is 12.1 Å². The average molecular weight is 611 g/mol. The molecule has 3 saturated carbocycles. The first-order valence-electron chi connectivity index (χ1n) is 17.0. The van der Waals surface area contributed by atoms with Crippen molar-refractivity contribution in [3.8, 4) is 0 Å². The van der Waals surface area contributed by atoms with E-state index in [2.05, 4.69) is 37.0 Å². The molecule has 8 atom stereocenters. The molecule has 1 aromatic carbocycles. The number of nitrogens with zero attached hydrogens (tertiary/aromatic N) is 2. The van der Waals surface area contributed by atoms with E-state index in [0.29, 0.717) is 51.3 Å². The zero-order chi connectivity index (χ0) is 31.2. The average Bonchev–Trinajstić information content (AvgIpc) is 3.68. The van der Waals surface area contributed by atoms with Crippen molar-refractivity contribution in [3.05, 3.63) is 83.9 Å². The number of β-amino-alcohol motifs (C(OH)–C–C–N with tert-alkyl or cyclic N) is 1. The smallest absolute Gasteiger partial charge is 0.289 e. The second-order valence-corrected chi connectivity index (χ2v) is 15.6. The molecule has 45 heavy (non-hydrogen) atoms. The van der Waals surface area contributed by atoms with Crippen molar-refractivity contribution in [2.75, 3.05) is 32.7 Å². The molecule has 7 heteroatoms. The van der Waals surface area contributed by atoms with Gasteiger partial charge in [-0.1, -0.05) is 62.4 Å². The van der Waals surface area contributed by atoms with Crippen LogP contribution in [0.5, 0.6) is 0 Å². The van der Waals surface area contributed by atoms with Crippen LogP contribution < -0.4 is 0 Å². The highest BCUT2D eigenvalue weighted by Crippen LogP contribution is 2.78. The normalized spacial score (nSPS) is 42.1. The van der Waals surface area contributed by atoms with E-state index in [1.165, 1.54) is 6.26 Å². The van der Waals surface area contributed by atoms with Crippen LogP contribution in [-0.4, -0.2) is 76.1 Å². The first-order valence-corrected chi connectivity index (χ1v) is 17.0. The maximum absolute atomic E-state index is 14.6. The van der Waals surface area contributed by atoms with E-state index in [1.807, 2.05) is 35.2 Å². The number of piperazine rings is 1. The fourth-order valence-corrected chi connectivity index (χ4v) is 11.4. The Morgan fingerprint density at radius 3 is 2.33 bits per heavy atom. The molecule has 1 aliphatic heterocycles. The van der Waals surface area contributed by atoms with Crippen molar-refractivity contribution in [3.63, 3.8) is 0 Å². The molecule has 2 heterocycles. The number of furan rings is 1. The second-order valence-electron chi connectivity index (χ2n) is 15.6. The minimum atomic E-state index is -0.894. The van der Waals surface area contributed by atoms with Crippen LogP contribution in [0.3, 0.4) is 0 Å². The van der Waals surface area contributed by atoms with Crippen molar-refractivity contribution in [1.29, 1.82) is 0 Å². The van der Waals surface area contributed by atoms with Crippen molar-refractivity contribution < 1.29 is 24.2 Å². The number of carbonyl (C=O) groups excluding carboxylic acids is 2. The molecule has 4 fully saturated rings. The molecule has 238 valence electrons. The third kappa shape index (κ3) is 3.93. The number of rotatable bonds is 5. The number of allylic oxidation sites excluding steroid dienone is 4. The first-order chi connectivity index (χ1) is 21.6. The largest absolute Gasteiger partial charge is 0.459 e. The van der Waals surface area contributed by atoms with Crippen LogP contribution >= 0.6 is 0 Å². The molecule has 1 aromatic heterocycles. The van der Waals surface area contributed by atoms with Crippen LogP contribution in [0.2, 0.25) is 0 Å². The summed E-state index contributed by atoms with van der Waals surface area (Å²) in [6.07, 6.45) is 14.1. The van der Waals surface area contributed by atoms with Crippen molar-refractivity contribution in [1.82, 2.24) is 9.80 Å². The summed E-state index contributed by atoms with van der Waals surface area (Å²) in [6.45, 7) is 7.94. The zero-order valence-corrected chi connectivity index (χ0v) is 26.6. The number of amides is 1. The van der Waals surface area contributed by atoms with Gasteiger partial charge in [0.05, 0.1) is 18.0 Å². The van der Waals surface area contributed by atoms with Gasteiger partial charge in [0.25, 0.3) is 5.91 Å². The van der Waals surface area contributed by atoms with Gasteiger partial charge in [0, 0.05) is 60.1 Å². The van der Waals surface area contributed by atoms with Gasteiger partial charge < -0.3 is 19.5 Å². The summed E-state index contributed by atoms with van der Waals surface area (Å²) in [4.78, 5) is 31.6. The molecular formula is C38H46N2O5. The quantitative estimate of drug-likeness (QED) is 0.343. The predicted octanol–water partition coefficient (Wildman–Crippen LogP) is 5.51. The van der Waals surface area contributed by atoms with E-state index in [-0.39, 0.29) is 45.9 Å². The van der Waals surface area contributed by atoms with Gasteiger partial charge in [0.2, 0.25) is 0 Å². The highest BCUT2D eigenvalue weighted by molar-refractivity contribution is 6.10. The highest BCUT2D eigenvalue weighted by Gasteiger charge is 2.74. The predicted molar refractivity (Wildman–Crippen MR) is 170 cm³/mol.